The van der Waals surface area contributed by atoms with Crippen molar-refractivity contribution in [1.82, 2.24) is 14.8 Å². The second-order valence-electron chi connectivity index (χ2n) is 7.25. The lowest BCUT2D eigenvalue weighted by atomic mass is 10.1. The normalized spacial score (nSPS) is 12.5. The minimum atomic E-state index is -0.0765. The predicted octanol–water partition coefficient (Wildman–Crippen LogP) is 3.64. The summed E-state index contributed by atoms with van der Waals surface area (Å²) < 4.78 is 1.93. The fraction of sp³-hybridized carbons (Fsp3) is 0.217. The van der Waals surface area contributed by atoms with E-state index >= 15 is 0 Å². The predicted molar refractivity (Wildman–Crippen MR) is 119 cm³/mol. The number of nitrogens with zero attached hydrogens (tertiary/aromatic N) is 2. The van der Waals surface area contributed by atoms with Crippen LogP contribution in [0.15, 0.2) is 70.8 Å². The third kappa shape index (κ3) is 3.81. The molecule has 0 spiro atoms. The highest BCUT2D eigenvalue weighted by Crippen LogP contribution is 2.22. The van der Waals surface area contributed by atoms with Crippen molar-refractivity contribution in [3.05, 3.63) is 81.1 Å². The average molecular weight is 406 g/mol. The summed E-state index contributed by atoms with van der Waals surface area (Å²) in [5, 5.41) is 6.38. The first-order valence-corrected chi connectivity index (χ1v) is 10.4. The number of thiophene rings is 1. The van der Waals surface area contributed by atoms with E-state index < -0.39 is 0 Å². The largest absolute Gasteiger partial charge is 0.353 e. The summed E-state index contributed by atoms with van der Waals surface area (Å²) in [7, 11) is 4.03. The van der Waals surface area contributed by atoms with Gasteiger partial charge in [-0.25, -0.2) is 0 Å². The molecular weight excluding hydrogens is 382 g/mol. The number of likely N-dealkylation sites (N-methyl/N-ethyl adjacent to an activating group) is 1. The zero-order valence-electron chi connectivity index (χ0n) is 16.5. The number of benzene rings is 2. The first kappa shape index (κ1) is 19.4. The molecule has 0 unspecified atom stereocenters. The Morgan fingerprint density at radius 1 is 1.00 bits per heavy atom. The zero-order valence-corrected chi connectivity index (χ0v) is 17.3. The highest BCUT2D eigenvalue weighted by Gasteiger charge is 2.17. The molecule has 1 N–H and O–H groups in total. The van der Waals surface area contributed by atoms with Crippen molar-refractivity contribution < 1.29 is 4.79 Å². The number of rotatable bonds is 6. The molecule has 4 rings (SSSR count). The number of fused-ring (bicyclic) bond motifs is 2. The van der Waals surface area contributed by atoms with Crippen LogP contribution in [-0.4, -0.2) is 36.0 Å². The molecule has 2 aromatic heterocycles. The fourth-order valence-electron chi connectivity index (χ4n) is 3.68. The summed E-state index contributed by atoms with van der Waals surface area (Å²) in [5.41, 5.74) is 1.54. The van der Waals surface area contributed by atoms with Gasteiger partial charge < -0.3 is 14.8 Å². The second-order valence-corrected chi connectivity index (χ2v) is 8.23. The molecule has 5 nitrogen and oxygen atoms in total. The van der Waals surface area contributed by atoms with E-state index in [1.807, 2.05) is 78.6 Å². The molecule has 148 valence electrons. The standard InChI is InChI=1S/C23H23N3O2S/c1-25(2)20(21-12-7-13-29-21)14-24-22(27)15-26-18-10-5-3-8-16(18)23(28)17-9-4-6-11-19(17)26/h3-13,20H,14-15H2,1-2H3,(H,24,27)/t20-/m1/s1. The zero-order chi connectivity index (χ0) is 20.4. The van der Waals surface area contributed by atoms with Gasteiger partial charge in [0.2, 0.25) is 5.91 Å². The first-order chi connectivity index (χ1) is 14.1. The molecule has 6 heteroatoms. The number of carbonyl (C=O) groups is 1. The Bertz CT molecular complexity index is 1150. The Balaban J connectivity index is 1.64. The molecule has 1 amide bonds. The van der Waals surface area contributed by atoms with Crippen molar-refractivity contribution >= 4 is 39.0 Å². The van der Waals surface area contributed by atoms with Crippen LogP contribution >= 0.6 is 11.3 Å². The maximum atomic E-state index is 12.9. The van der Waals surface area contributed by atoms with E-state index in [9.17, 15) is 9.59 Å². The summed E-state index contributed by atoms with van der Waals surface area (Å²) in [6.45, 7) is 0.689. The smallest absolute Gasteiger partial charge is 0.240 e. The summed E-state index contributed by atoms with van der Waals surface area (Å²) in [6, 6.07) is 19.2. The molecule has 2 aromatic carbocycles. The van der Waals surface area contributed by atoms with Crippen LogP contribution in [0.2, 0.25) is 0 Å². The summed E-state index contributed by atoms with van der Waals surface area (Å²) in [6.07, 6.45) is 0. The molecule has 0 aliphatic carbocycles. The van der Waals surface area contributed by atoms with E-state index in [2.05, 4.69) is 16.3 Å². The maximum Gasteiger partial charge on any atom is 0.240 e. The Labute approximate surface area is 173 Å². The summed E-state index contributed by atoms with van der Waals surface area (Å²) in [4.78, 5) is 29.0. The molecular formula is C23H23N3O2S. The molecule has 0 bridgehead atoms. The lowest BCUT2D eigenvalue weighted by Crippen LogP contribution is -2.36. The molecule has 2 heterocycles. The quantitative estimate of drug-likeness (QED) is 0.499. The number of para-hydroxylation sites is 2. The Morgan fingerprint density at radius 3 is 2.17 bits per heavy atom. The van der Waals surface area contributed by atoms with Crippen LogP contribution < -0.4 is 10.7 Å². The van der Waals surface area contributed by atoms with Gasteiger partial charge in [-0.1, -0.05) is 30.3 Å². The van der Waals surface area contributed by atoms with Crippen LogP contribution in [0.4, 0.5) is 0 Å². The van der Waals surface area contributed by atoms with E-state index in [4.69, 9.17) is 0 Å². The van der Waals surface area contributed by atoms with Gasteiger partial charge in [0.25, 0.3) is 0 Å². The Morgan fingerprint density at radius 2 is 1.62 bits per heavy atom. The van der Waals surface area contributed by atoms with Crippen LogP contribution in [0.25, 0.3) is 21.8 Å². The van der Waals surface area contributed by atoms with Gasteiger partial charge in [0.05, 0.1) is 17.1 Å². The molecule has 4 aromatic rings. The van der Waals surface area contributed by atoms with Gasteiger partial charge in [0.15, 0.2) is 5.43 Å². The van der Waals surface area contributed by atoms with E-state index in [0.29, 0.717) is 17.3 Å². The minimum absolute atomic E-state index is 0.00164. The lowest BCUT2D eigenvalue weighted by Gasteiger charge is -2.24. The van der Waals surface area contributed by atoms with Crippen LogP contribution in [0.5, 0.6) is 0 Å². The number of pyridine rings is 1. The second kappa shape index (κ2) is 8.19. The molecule has 29 heavy (non-hydrogen) atoms. The Hall–Kier alpha value is -2.96. The van der Waals surface area contributed by atoms with Crippen molar-refractivity contribution in [3.63, 3.8) is 0 Å². The highest BCUT2D eigenvalue weighted by molar-refractivity contribution is 7.10. The van der Waals surface area contributed by atoms with Gasteiger partial charge >= 0.3 is 0 Å². The maximum absolute atomic E-state index is 12.9. The molecule has 0 aliphatic rings. The van der Waals surface area contributed by atoms with Crippen LogP contribution in [0.1, 0.15) is 10.9 Å². The number of carbonyl (C=O) groups excluding carboxylic acids is 1. The van der Waals surface area contributed by atoms with Crippen LogP contribution in [0, 0.1) is 0 Å². The van der Waals surface area contributed by atoms with E-state index in [1.54, 1.807) is 11.3 Å². The molecule has 0 saturated heterocycles. The van der Waals surface area contributed by atoms with E-state index in [1.165, 1.54) is 4.88 Å². The van der Waals surface area contributed by atoms with Crippen molar-refractivity contribution in [2.45, 2.75) is 12.6 Å². The van der Waals surface area contributed by atoms with Gasteiger partial charge in [-0.15, -0.1) is 11.3 Å². The van der Waals surface area contributed by atoms with Gasteiger partial charge in [-0.3, -0.25) is 9.59 Å². The van der Waals surface area contributed by atoms with E-state index in [0.717, 1.165) is 11.0 Å². The van der Waals surface area contributed by atoms with Crippen molar-refractivity contribution in [3.8, 4) is 0 Å². The third-order valence-corrected chi connectivity index (χ3v) is 6.14. The van der Waals surface area contributed by atoms with Crippen molar-refractivity contribution in [1.29, 1.82) is 0 Å². The molecule has 0 aliphatic heterocycles. The molecule has 1 atom stereocenters. The van der Waals surface area contributed by atoms with E-state index in [-0.39, 0.29) is 23.9 Å². The first-order valence-electron chi connectivity index (χ1n) is 9.53. The number of hydrogen-bond acceptors (Lipinski definition) is 4. The van der Waals surface area contributed by atoms with Crippen molar-refractivity contribution in [2.75, 3.05) is 20.6 Å². The number of amides is 1. The van der Waals surface area contributed by atoms with Gasteiger partial charge in [0.1, 0.15) is 6.54 Å². The monoisotopic (exact) mass is 405 g/mol. The minimum Gasteiger partial charge on any atom is -0.353 e. The Kier molecular flexibility index (Phi) is 5.47. The molecule has 0 radical (unpaired) electrons. The number of hydrogen-bond donors (Lipinski definition) is 1. The SMILES string of the molecule is CN(C)[C@H](CNC(=O)Cn1c2ccccc2c(=O)c2ccccc21)c1cccs1. The molecule has 0 saturated carbocycles. The van der Waals surface area contributed by atoms with Crippen molar-refractivity contribution in [2.24, 2.45) is 0 Å². The van der Waals surface area contributed by atoms with Gasteiger partial charge in [0, 0.05) is 22.2 Å². The number of aromatic nitrogens is 1. The average Bonchev–Trinajstić information content (AvgIpc) is 3.25. The number of nitrogens with one attached hydrogen (secondary N) is 1. The summed E-state index contributed by atoms with van der Waals surface area (Å²) >= 11 is 1.69. The lowest BCUT2D eigenvalue weighted by molar-refractivity contribution is -0.121. The topological polar surface area (TPSA) is 54.3 Å². The summed E-state index contributed by atoms with van der Waals surface area (Å²) in [5.74, 6) is -0.0765. The molecule has 0 fully saturated rings. The highest BCUT2D eigenvalue weighted by atomic mass is 32.1. The van der Waals surface area contributed by atoms with Crippen LogP contribution in [-0.2, 0) is 11.3 Å². The third-order valence-electron chi connectivity index (χ3n) is 5.17. The van der Waals surface area contributed by atoms with Gasteiger partial charge in [-0.05, 0) is 49.8 Å². The van der Waals surface area contributed by atoms with Crippen LogP contribution in [0.3, 0.4) is 0 Å². The van der Waals surface area contributed by atoms with Gasteiger partial charge in [-0.2, -0.15) is 0 Å². The fourth-order valence-corrected chi connectivity index (χ4v) is 4.60.